The molecule has 0 radical (unpaired) electrons. The zero-order valence-corrected chi connectivity index (χ0v) is 14.6. The molecule has 3 N–H and O–H groups in total. The highest BCUT2D eigenvalue weighted by molar-refractivity contribution is 5.95. The lowest BCUT2D eigenvalue weighted by atomic mass is 10.1. The minimum absolute atomic E-state index is 0.287. The number of nitrogens with two attached hydrogens (primary N) is 1. The number of ether oxygens (including phenoxy) is 2. The molecule has 0 saturated heterocycles. The summed E-state index contributed by atoms with van der Waals surface area (Å²) in [5, 5.41) is 2.54. The van der Waals surface area contributed by atoms with Crippen molar-refractivity contribution in [2.75, 3.05) is 18.5 Å². The van der Waals surface area contributed by atoms with E-state index in [1.54, 1.807) is 6.07 Å². The summed E-state index contributed by atoms with van der Waals surface area (Å²) < 4.78 is 10.3. The van der Waals surface area contributed by atoms with E-state index < -0.39 is 24.4 Å². The lowest BCUT2D eigenvalue weighted by Crippen LogP contribution is -2.23. The maximum absolute atomic E-state index is 11.8. The van der Waals surface area contributed by atoms with Gasteiger partial charge in [-0.3, -0.25) is 9.59 Å². The number of amides is 2. The number of primary amides is 1. The zero-order valence-electron chi connectivity index (χ0n) is 14.6. The van der Waals surface area contributed by atoms with Gasteiger partial charge in [0.15, 0.2) is 13.2 Å². The molecule has 2 aromatic rings. The van der Waals surface area contributed by atoms with Crippen LogP contribution in [0.2, 0.25) is 0 Å². The Morgan fingerprint density at radius 1 is 1.00 bits per heavy atom. The highest BCUT2D eigenvalue weighted by atomic mass is 16.6. The molecule has 7 nitrogen and oxygen atoms in total. The third kappa shape index (κ3) is 5.62. The van der Waals surface area contributed by atoms with Crippen molar-refractivity contribution in [2.24, 2.45) is 5.73 Å². The van der Waals surface area contributed by atoms with Gasteiger partial charge in [-0.25, -0.2) is 4.79 Å². The van der Waals surface area contributed by atoms with E-state index in [-0.39, 0.29) is 6.61 Å². The second kappa shape index (κ2) is 8.66. The number of esters is 1. The van der Waals surface area contributed by atoms with Gasteiger partial charge in [-0.15, -0.1) is 0 Å². The van der Waals surface area contributed by atoms with Gasteiger partial charge in [-0.1, -0.05) is 17.7 Å². The van der Waals surface area contributed by atoms with E-state index in [1.807, 2.05) is 26.0 Å². The van der Waals surface area contributed by atoms with Crippen LogP contribution < -0.4 is 15.8 Å². The largest absolute Gasteiger partial charge is 0.482 e. The van der Waals surface area contributed by atoms with Crippen LogP contribution in [0.1, 0.15) is 21.5 Å². The maximum Gasteiger partial charge on any atom is 0.344 e. The number of nitrogens with one attached hydrogen (secondary N) is 1. The molecule has 0 heterocycles. The van der Waals surface area contributed by atoms with E-state index >= 15 is 0 Å². The van der Waals surface area contributed by atoms with Gasteiger partial charge in [-0.05, 0) is 49.7 Å². The molecule has 26 heavy (non-hydrogen) atoms. The van der Waals surface area contributed by atoms with E-state index in [0.29, 0.717) is 17.0 Å². The Morgan fingerprint density at radius 3 is 2.31 bits per heavy atom. The number of hydrogen-bond acceptors (Lipinski definition) is 5. The molecule has 0 atom stereocenters. The van der Waals surface area contributed by atoms with Gasteiger partial charge in [-0.2, -0.15) is 0 Å². The van der Waals surface area contributed by atoms with Gasteiger partial charge in [0.05, 0.1) is 0 Å². The summed E-state index contributed by atoms with van der Waals surface area (Å²) in [6, 6.07) is 11.6. The van der Waals surface area contributed by atoms with Crippen molar-refractivity contribution in [3.8, 4) is 5.75 Å². The van der Waals surface area contributed by atoms with E-state index in [2.05, 4.69) is 5.32 Å². The first-order chi connectivity index (χ1) is 12.3. The Balaban J connectivity index is 1.76. The average Bonchev–Trinajstić information content (AvgIpc) is 2.59. The molecule has 0 aliphatic carbocycles. The summed E-state index contributed by atoms with van der Waals surface area (Å²) in [5.41, 5.74) is 7.94. The van der Waals surface area contributed by atoms with E-state index in [9.17, 15) is 14.4 Å². The fourth-order valence-corrected chi connectivity index (χ4v) is 2.20. The zero-order chi connectivity index (χ0) is 19.1. The topological polar surface area (TPSA) is 108 Å². The van der Waals surface area contributed by atoms with Gasteiger partial charge >= 0.3 is 5.97 Å². The molecule has 0 aliphatic heterocycles. The number of rotatable bonds is 7. The number of carbonyl (C=O) groups is 3. The van der Waals surface area contributed by atoms with Crippen LogP contribution in [0.4, 0.5) is 5.69 Å². The van der Waals surface area contributed by atoms with Crippen molar-refractivity contribution < 1.29 is 23.9 Å². The van der Waals surface area contributed by atoms with Crippen LogP contribution in [-0.2, 0) is 14.3 Å². The van der Waals surface area contributed by atoms with Crippen LogP contribution in [0, 0.1) is 13.8 Å². The van der Waals surface area contributed by atoms with Crippen LogP contribution in [0.25, 0.3) is 0 Å². The third-order valence-corrected chi connectivity index (χ3v) is 3.49. The normalized spacial score (nSPS) is 10.1. The predicted octanol–water partition coefficient (Wildman–Crippen LogP) is 1.96. The molecule has 0 aliphatic rings. The van der Waals surface area contributed by atoms with Crippen molar-refractivity contribution in [1.82, 2.24) is 0 Å². The summed E-state index contributed by atoms with van der Waals surface area (Å²) >= 11 is 0. The summed E-state index contributed by atoms with van der Waals surface area (Å²) in [6.07, 6.45) is 0. The Bertz CT molecular complexity index is 815. The second-order valence-electron chi connectivity index (χ2n) is 5.71. The van der Waals surface area contributed by atoms with Crippen LogP contribution in [0.5, 0.6) is 5.75 Å². The quantitative estimate of drug-likeness (QED) is 0.738. The van der Waals surface area contributed by atoms with Crippen LogP contribution in [0.3, 0.4) is 0 Å². The van der Waals surface area contributed by atoms with Crippen LogP contribution >= 0.6 is 0 Å². The molecule has 0 aromatic heterocycles. The second-order valence-corrected chi connectivity index (χ2v) is 5.71. The summed E-state index contributed by atoms with van der Waals surface area (Å²) in [7, 11) is 0. The summed E-state index contributed by atoms with van der Waals surface area (Å²) in [6.45, 7) is 3.12. The van der Waals surface area contributed by atoms with Crippen LogP contribution in [0.15, 0.2) is 42.5 Å². The van der Waals surface area contributed by atoms with E-state index in [0.717, 1.165) is 11.1 Å². The van der Waals surface area contributed by atoms with Crippen LogP contribution in [-0.4, -0.2) is 31.0 Å². The smallest absolute Gasteiger partial charge is 0.344 e. The Kier molecular flexibility index (Phi) is 6.32. The maximum atomic E-state index is 11.8. The number of anilines is 1. The molecule has 7 heteroatoms. The number of hydrogen-bond donors (Lipinski definition) is 2. The average molecular weight is 356 g/mol. The Labute approximate surface area is 151 Å². The molecule has 0 spiro atoms. The van der Waals surface area contributed by atoms with Gasteiger partial charge in [0.25, 0.3) is 5.91 Å². The van der Waals surface area contributed by atoms with Crippen molar-refractivity contribution in [2.45, 2.75) is 13.8 Å². The molecule has 2 rings (SSSR count). The monoisotopic (exact) mass is 356 g/mol. The van der Waals surface area contributed by atoms with E-state index in [1.165, 1.54) is 24.3 Å². The fourth-order valence-electron chi connectivity index (χ4n) is 2.20. The van der Waals surface area contributed by atoms with Gasteiger partial charge in [0, 0.05) is 11.3 Å². The first-order valence-corrected chi connectivity index (χ1v) is 7.90. The Morgan fingerprint density at radius 2 is 1.69 bits per heavy atom. The highest BCUT2D eigenvalue weighted by Crippen LogP contribution is 2.18. The van der Waals surface area contributed by atoms with Gasteiger partial charge in [0.2, 0.25) is 5.91 Å². The standard InChI is InChI=1S/C19H20N2O5/c1-12-3-8-16(13(2)9-12)25-11-18(23)26-10-17(22)21-15-6-4-14(5-7-15)19(20)24/h3-9H,10-11H2,1-2H3,(H2,20,24)(H,21,22). The molecule has 0 saturated carbocycles. The molecular weight excluding hydrogens is 336 g/mol. The molecule has 0 bridgehead atoms. The molecule has 2 aromatic carbocycles. The lowest BCUT2D eigenvalue weighted by molar-refractivity contribution is -0.149. The fraction of sp³-hybridized carbons (Fsp3) is 0.211. The number of carbonyl (C=O) groups excluding carboxylic acids is 3. The third-order valence-electron chi connectivity index (χ3n) is 3.49. The van der Waals surface area contributed by atoms with Gasteiger partial charge < -0.3 is 20.5 Å². The molecular formula is C19H20N2O5. The van der Waals surface area contributed by atoms with E-state index in [4.69, 9.17) is 15.2 Å². The molecule has 0 unspecified atom stereocenters. The summed E-state index contributed by atoms with van der Waals surface area (Å²) in [5.74, 6) is -1.12. The molecule has 136 valence electrons. The SMILES string of the molecule is Cc1ccc(OCC(=O)OCC(=O)Nc2ccc(C(N)=O)cc2)c(C)c1. The van der Waals surface area contributed by atoms with Crippen molar-refractivity contribution >= 4 is 23.5 Å². The minimum atomic E-state index is -0.649. The van der Waals surface area contributed by atoms with Gasteiger partial charge in [0.1, 0.15) is 5.75 Å². The highest BCUT2D eigenvalue weighted by Gasteiger charge is 2.10. The summed E-state index contributed by atoms with van der Waals surface area (Å²) in [4.78, 5) is 34.5. The van der Waals surface area contributed by atoms with Crippen molar-refractivity contribution in [3.63, 3.8) is 0 Å². The lowest BCUT2D eigenvalue weighted by Gasteiger charge is -2.10. The predicted molar refractivity (Wildman–Crippen MR) is 96.0 cm³/mol. The number of aryl methyl sites for hydroxylation is 2. The molecule has 0 fully saturated rings. The van der Waals surface area contributed by atoms with Crippen molar-refractivity contribution in [1.29, 1.82) is 0 Å². The van der Waals surface area contributed by atoms with Crippen molar-refractivity contribution in [3.05, 3.63) is 59.2 Å². The first-order valence-electron chi connectivity index (χ1n) is 7.90. The first kappa shape index (κ1) is 19.0. The molecule has 2 amide bonds. The minimum Gasteiger partial charge on any atom is -0.482 e. The number of benzene rings is 2. The Hall–Kier alpha value is -3.35.